The molecule has 1 heteroatoms. The van der Waals surface area contributed by atoms with E-state index in [4.69, 9.17) is 0 Å². The summed E-state index contributed by atoms with van der Waals surface area (Å²) in [4.78, 5) is 4.31. The Labute approximate surface area is 107 Å². The van der Waals surface area contributed by atoms with Crippen LogP contribution in [-0.4, -0.2) is 4.98 Å². The average molecular weight is 233 g/mol. The number of hydrogen-bond donors (Lipinski definition) is 0. The maximum absolute atomic E-state index is 4.31. The van der Waals surface area contributed by atoms with Crippen LogP contribution in [0.5, 0.6) is 0 Å². The Kier molecular flexibility index (Phi) is 3.44. The highest BCUT2D eigenvalue weighted by Gasteiger charge is 2.37. The first-order valence-electron chi connectivity index (χ1n) is 6.43. The van der Waals surface area contributed by atoms with Crippen molar-refractivity contribution < 1.29 is 0 Å². The van der Waals surface area contributed by atoms with E-state index in [1.165, 1.54) is 11.1 Å². The van der Waals surface area contributed by atoms with Crippen LogP contribution in [0.15, 0.2) is 18.5 Å². The third-order valence-electron chi connectivity index (χ3n) is 4.18. The molecule has 1 rings (SSSR count). The molecule has 1 aromatic heterocycles. The van der Waals surface area contributed by atoms with Gasteiger partial charge in [0.15, 0.2) is 0 Å². The van der Waals surface area contributed by atoms with Gasteiger partial charge in [-0.3, -0.25) is 4.98 Å². The van der Waals surface area contributed by atoms with Gasteiger partial charge < -0.3 is 0 Å². The van der Waals surface area contributed by atoms with Crippen molar-refractivity contribution in [3.05, 3.63) is 29.6 Å². The van der Waals surface area contributed by atoms with Crippen molar-refractivity contribution in [2.75, 3.05) is 0 Å². The highest BCUT2D eigenvalue weighted by Crippen LogP contribution is 2.44. The summed E-state index contributed by atoms with van der Waals surface area (Å²) in [5.74, 6) is 0. The van der Waals surface area contributed by atoms with Gasteiger partial charge in [-0.1, -0.05) is 55.4 Å². The molecule has 0 bridgehead atoms. The van der Waals surface area contributed by atoms with Crippen molar-refractivity contribution in [1.82, 2.24) is 4.98 Å². The SMILES string of the molecule is CC(C)(C)c1cnccc1C(C)(C)C(C)(C)C. The zero-order valence-electron chi connectivity index (χ0n) is 12.7. The van der Waals surface area contributed by atoms with Crippen LogP contribution in [0.2, 0.25) is 0 Å². The predicted molar refractivity (Wildman–Crippen MR) is 75.4 cm³/mol. The van der Waals surface area contributed by atoms with Gasteiger partial charge >= 0.3 is 0 Å². The molecule has 0 fully saturated rings. The standard InChI is InChI=1S/C16H27N/c1-14(2,3)13-11-17-10-9-12(13)16(7,8)15(4,5)6/h9-11H,1-8H3. The van der Waals surface area contributed by atoms with Crippen LogP contribution in [0.4, 0.5) is 0 Å². The van der Waals surface area contributed by atoms with E-state index < -0.39 is 0 Å². The highest BCUT2D eigenvalue weighted by molar-refractivity contribution is 5.36. The van der Waals surface area contributed by atoms with Crippen LogP contribution in [0.1, 0.15) is 66.5 Å². The van der Waals surface area contributed by atoms with Crippen LogP contribution in [0, 0.1) is 5.41 Å². The minimum Gasteiger partial charge on any atom is -0.264 e. The van der Waals surface area contributed by atoms with E-state index >= 15 is 0 Å². The van der Waals surface area contributed by atoms with E-state index in [-0.39, 0.29) is 16.2 Å². The van der Waals surface area contributed by atoms with E-state index in [2.05, 4.69) is 66.4 Å². The lowest BCUT2D eigenvalue weighted by Crippen LogP contribution is -2.36. The zero-order chi connectivity index (χ0) is 13.5. The molecule has 0 aliphatic rings. The molecule has 96 valence electrons. The summed E-state index contributed by atoms with van der Waals surface area (Å²) < 4.78 is 0. The van der Waals surface area contributed by atoms with Gasteiger partial charge in [-0.15, -0.1) is 0 Å². The van der Waals surface area contributed by atoms with Gasteiger partial charge in [0.2, 0.25) is 0 Å². The van der Waals surface area contributed by atoms with Gasteiger partial charge in [-0.2, -0.15) is 0 Å². The molecule has 0 spiro atoms. The largest absolute Gasteiger partial charge is 0.264 e. The first kappa shape index (κ1) is 14.2. The van der Waals surface area contributed by atoms with Crippen molar-refractivity contribution in [1.29, 1.82) is 0 Å². The molecule has 0 unspecified atom stereocenters. The summed E-state index contributed by atoms with van der Waals surface area (Å²) in [6.45, 7) is 18.3. The number of pyridine rings is 1. The summed E-state index contributed by atoms with van der Waals surface area (Å²) in [6.07, 6.45) is 3.95. The van der Waals surface area contributed by atoms with Crippen LogP contribution in [0.25, 0.3) is 0 Å². The van der Waals surface area contributed by atoms with E-state index in [1.807, 2.05) is 12.4 Å². The Hall–Kier alpha value is -0.850. The fraction of sp³-hybridized carbons (Fsp3) is 0.688. The minimum atomic E-state index is 0.137. The van der Waals surface area contributed by atoms with E-state index in [0.29, 0.717) is 0 Å². The first-order chi connectivity index (χ1) is 7.48. The van der Waals surface area contributed by atoms with Crippen molar-refractivity contribution in [2.24, 2.45) is 5.41 Å². The molecular formula is C16H27N. The Balaban J connectivity index is 3.43. The average Bonchev–Trinajstić information content (AvgIpc) is 2.14. The molecular weight excluding hydrogens is 206 g/mol. The van der Waals surface area contributed by atoms with Crippen LogP contribution >= 0.6 is 0 Å². The molecule has 0 aliphatic carbocycles. The molecule has 0 aromatic carbocycles. The second-order valence-corrected chi connectivity index (χ2v) is 7.55. The predicted octanol–water partition coefficient (Wildman–Crippen LogP) is 4.70. The lowest BCUT2D eigenvalue weighted by Gasteiger charge is -2.42. The Morgan fingerprint density at radius 2 is 1.35 bits per heavy atom. The topological polar surface area (TPSA) is 12.9 Å². The maximum Gasteiger partial charge on any atom is 0.0308 e. The van der Waals surface area contributed by atoms with Crippen molar-refractivity contribution in [3.8, 4) is 0 Å². The van der Waals surface area contributed by atoms with Gasteiger partial charge in [0.05, 0.1) is 0 Å². The lowest BCUT2D eigenvalue weighted by molar-refractivity contribution is 0.222. The molecule has 1 nitrogen and oxygen atoms in total. The van der Waals surface area contributed by atoms with E-state index in [0.717, 1.165) is 0 Å². The monoisotopic (exact) mass is 233 g/mol. The van der Waals surface area contributed by atoms with Crippen molar-refractivity contribution in [3.63, 3.8) is 0 Å². The lowest BCUT2D eigenvalue weighted by atomic mass is 9.63. The zero-order valence-corrected chi connectivity index (χ0v) is 12.7. The molecule has 0 N–H and O–H groups in total. The highest BCUT2D eigenvalue weighted by atomic mass is 14.6. The summed E-state index contributed by atoms with van der Waals surface area (Å²) in [6, 6.07) is 2.19. The molecule has 1 aromatic rings. The quantitative estimate of drug-likeness (QED) is 0.685. The van der Waals surface area contributed by atoms with Gasteiger partial charge in [0.1, 0.15) is 0 Å². The molecule has 0 amide bonds. The second-order valence-electron chi connectivity index (χ2n) is 7.55. The maximum atomic E-state index is 4.31. The summed E-state index contributed by atoms with van der Waals surface area (Å²) in [7, 11) is 0. The molecule has 0 saturated heterocycles. The third-order valence-corrected chi connectivity index (χ3v) is 4.18. The third kappa shape index (κ3) is 2.70. The fourth-order valence-corrected chi connectivity index (χ4v) is 1.94. The van der Waals surface area contributed by atoms with Gasteiger partial charge in [-0.05, 0) is 33.4 Å². The van der Waals surface area contributed by atoms with E-state index in [1.54, 1.807) is 0 Å². The molecule has 0 atom stereocenters. The second kappa shape index (κ2) is 4.12. The van der Waals surface area contributed by atoms with Crippen LogP contribution in [0.3, 0.4) is 0 Å². The summed E-state index contributed by atoms with van der Waals surface area (Å²) >= 11 is 0. The summed E-state index contributed by atoms with van der Waals surface area (Å²) in [5, 5.41) is 0. The number of rotatable bonds is 1. The smallest absolute Gasteiger partial charge is 0.0308 e. The van der Waals surface area contributed by atoms with Crippen LogP contribution in [-0.2, 0) is 10.8 Å². The van der Waals surface area contributed by atoms with Crippen molar-refractivity contribution >= 4 is 0 Å². The molecule has 0 aliphatic heterocycles. The Bertz CT molecular complexity index is 389. The fourth-order valence-electron chi connectivity index (χ4n) is 1.94. The number of nitrogens with zero attached hydrogens (tertiary/aromatic N) is 1. The first-order valence-corrected chi connectivity index (χ1v) is 6.43. The van der Waals surface area contributed by atoms with E-state index in [9.17, 15) is 0 Å². The molecule has 1 heterocycles. The number of hydrogen-bond acceptors (Lipinski definition) is 1. The van der Waals surface area contributed by atoms with Crippen molar-refractivity contribution in [2.45, 2.75) is 66.2 Å². The summed E-state index contributed by atoms with van der Waals surface area (Å²) in [5.41, 5.74) is 3.30. The normalized spacial score (nSPS) is 13.9. The minimum absolute atomic E-state index is 0.137. The molecule has 17 heavy (non-hydrogen) atoms. The Morgan fingerprint density at radius 3 is 1.76 bits per heavy atom. The molecule has 0 radical (unpaired) electrons. The molecule has 0 saturated carbocycles. The van der Waals surface area contributed by atoms with Crippen LogP contribution < -0.4 is 0 Å². The van der Waals surface area contributed by atoms with Gasteiger partial charge in [0.25, 0.3) is 0 Å². The Morgan fingerprint density at radius 1 is 0.824 bits per heavy atom. The van der Waals surface area contributed by atoms with Gasteiger partial charge in [-0.25, -0.2) is 0 Å². The van der Waals surface area contributed by atoms with Gasteiger partial charge in [0, 0.05) is 12.4 Å². The number of aromatic nitrogens is 1.